The molecule has 0 aromatic carbocycles. The second-order valence-electron chi connectivity index (χ2n) is 6.91. The van der Waals surface area contributed by atoms with Crippen LogP contribution in [0.3, 0.4) is 0 Å². The van der Waals surface area contributed by atoms with Crippen LogP contribution in [-0.4, -0.2) is 47.4 Å². The number of carbonyl (C=O) groups is 2. The summed E-state index contributed by atoms with van der Waals surface area (Å²) in [4.78, 5) is 29.0. The maximum absolute atomic E-state index is 12.8. The van der Waals surface area contributed by atoms with E-state index in [1.54, 1.807) is 12.3 Å². The topological polar surface area (TPSA) is 62.4 Å². The van der Waals surface area contributed by atoms with Crippen molar-refractivity contribution >= 4 is 11.7 Å². The first kappa shape index (κ1) is 16.2. The second kappa shape index (κ2) is 6.11. The Morgan fingerprint density at radius 2 is 2.09 bits per heavy atom. The number of ether oxygens (including phenoxy) is 1. The van der Waals surface area contributed by atoms with Crippen LogP contribution in [0, 0.1) is 5.41 Å². The summed E-state index contributed by atoms with van der Waals surface area (Å²) in [5.41, 5.74) is 1.18. The average molecular weight is 318 g/mol. The summed E-state index contributed by atoms with van der Waals surface area (Å²) in [6, 6.07) is 1.89. The van der Waals surface area contributed by atoms with E-state index < -0.39 is 0 Å². The molecule has 1 N–H and O–H groups in total. The third kappa shape index (κ3) is 2.61. The number of Topliss-reactive ketones (excluding diaryl/α,β-unsaturated/α-hetero) is 1. The summed E-state index contributed by atoms with van der Waals surface area (Å²) >= 11 is 0. The van der Waals surface area contributed by atoms with Gasteiger partial charge in [-0.05, 0) is 39.2 Å². The standard InChI is InChI=1S/C18H26N2O3/c1-4-23-16-10-15(18(16)7-5-6-8-18)20(3)17(22)14-9-13(11-19-14)12(2)21/h9,11,15-16,19H,4-8,10H2,1-3H3. The van der Waals surface area contributed by atoms with Crippen molar-refractivity contribution in [2.75, 3.05) is 13.7 Å². The maximum atomic E-state index is 12.8. The van der Waals surface area contributed by atoms with Crippen LogP contribution in [0.15, 0.2) is 12.3 Å². The van der Waals surface area contributed by atoms with E-state index in [-0.39, 0.29) is 29.3 Å². The smallest absolute Gasteiger partial charge is 0.270 e. The molecule has 23 heavy (non-hydrogen) atoms. The van der Waals surface area contributed by atoms with Gasteiger partial charge in [-0.15, -0.1) is 0 Å². The molecule has 1 aromatic rings. The first-order chi connectivity index (χ1) is 11.0. The predicted molar refractivity (Wildman–Crippen MR) is 87.6 cm³/mol. The quantitative estimate of drug-likeness (QED) is 0.849. The lowest BCUT2D eigenvalue weighted by atomic mass is 9.60. The van der Waals surface area contributed by atoms with E-state index in [0.29, 0.717) is 11.3 Å². The zero-order chi connectivity index (χ0) is 16.6. The molecule has 5 heteroatoms. The molecule has 0 saturated heterocycles. The fraction of sp³-hybridized carbons (Fsp3) is 0.667. The highest BCUT2D eigenvalue weighted by molar-refractivity contribution is 5.99. The maximum Gasteiger partial charge on any atom is 0.270 e. The van der Waals surface area contributed by atoms with Gasteiger partial charge >= 0.3 is 0 Å². The number of aromatic amines is 1. The molecule has 1 heterocycles. The number of hydrogen-bond donors (Lipinski definition) is 1. The van der Waals surface area contributed by atoms with E-state index in [9.17, 15) is 9.59 Å². The van der Waals surface area contributed by atoms with Gasteiger partial charge in [-0.25, -0.2) is 0 Å². The van der Waals surface area contributed by atoms with Crippen LogP contribution in [0.25, 0.3) is 0 Å². The van der Waals surface area contributed by atoms with Crippen LogP contribution in [0.4, 0.5) is 0 Å². The van der Waals surface area contributed by atoms with Crippen molar-refractivity contribution in [2.45, 2.75) is 58.1 Å². The lowest BCUT2D eigenvalue weighted by molar-refractivity contribution is -0.152. The average Bonchev–Trinajstić information content (AvgIpc) is 3.19. The van der Waals surface area contributed by atoms with Crippen molar-refractivity contribution in [1.29, 1.82) is 0 Å². The molecule has 0 bridgehead atoms. The Hall–Kier alpha value is -1.62. The van der Waals surface area contributed by atoms with Crippen LogP contribution in [-0.2, 0) is 4.74 Å². The number of nitrogens with zero attached hydrogens (tertiary/aromatic N) is 1. The largest absolute Gasteiger partial charge is 0.378 e. The molecule has 2 aliphatic rings. The van der Waals surface area contributed by atoms with Crippen molar-refractivity contribution in [3.63, 3.8) is 0 Å². The number of ketones is 1. The van der Waals surface area contributed by atoms with E-state index in [2.05, 4.69) is 4.98 Å². The minimum atomic E-state index is -0.0382. The fourth-order valence-corrected chi connectivity index (χ4v) is 4.45. The molecule has 0 radical (unpaired) electrons. The normalized spacial score (nSPS) is 25.3. The molecule has 1 spiro atoms. The third-order valence-corrected chi connectivity index (χ3v) is 5.75. The Morgan fingerprint density at radius 3 is 2.65 bits per heavy atom. The first-order valence-electron chi connectivity index (χ1n) is 8.57. The van der Waals surface area contributed by atoms with Gasteiger partial charge in [-0.3, -0.25) is 9.59 Å². The number of carbonyl (C=O) groups excluding carboxylic acids is 2. The van der Waals surface area contributed by atoms with Crippen LogP contribution in [0.5, 0.6) is 0 Å². The molecule has 2 fully saturated rings. The van der Waals surface area contributed by atoms with Crippen LogP contribution in [0.2, 0.25) is 0 Å². The van der Waals surface area contributed by atoms with E-state index in [1.165, 1.54) is 19.8 Å². The zero-order valence-corrected chi connectivity index (χ0v) is 14.2. The Balaban J connectivity index is 1.75. The van der Waals surface area contributed by atoms with Gasteiger partial charge in [-0.1, -0.05) is 12.8 Å². The van der Waals surface area contributed by atoms with Crippen molar-refractivity contribution < 1.29 is 14.3 Å². The lowest BCUT2D eigenvalue weighted by Gasteiger charge is -2.56. The van der Waals surface area contributed by atoms with Crippen molar-refractivity contribution in [3.05, 3.63) is 23.5 Å². The zero-order valence-electron chi connectivity index (χ0n) is 14.2. The van der Waals surface area contributed by atoms with Gasteiger partial charge in [0.05, 0.1) is 6.10 Å². The van der Waals surface area contributed by atoms with E-state index in [4.69, 9.17) is 4.74 Å². The van der Waals surface area contributed by atoms with Gasteiger partial charge < -0.3 is 14.6 Å². The monoisotopic (exact) mass is 318 g/mol. The molecule has 0 aliphatic heterocycles. The van der Waals surface area contributed by atoms with E-state index in [1.807, 2.05) is 18.9 Å². The van der Waals surface area contributed by atoms with Crippen molar-refractivity contribution in [1.82, 2.24) is 9.88 Å². The molecule has 2 unspecified atom stereocenters. The third-order valence-electron chi connectivity index (χ3n) is 5.75. The molecule has 2 aliphatic carbocycles. The van der Waals surface area contributed by atoms with Crippen LogP contribution < -0.4 is 0 Å². The highest BCUT2D eigenvalue weighted by Gasteiger charge is 2.58. The van der Waals surface area contributed by atoms with Crippen LogP contribution >= 0.6 is 0 Å². The highest BCUT2D eigenvalue weighted by atomic mass is 16.5. The van der Waals surface area contributed by atoms with Gasteiger partial charge in [0.15, 0.2) is 5.78 Å². The summed E-state index contributed by atoms with van der Waals surface area (Å²) in [5.74, 6) is -0.0704. The molecule has 2 saturated carbocycles. The minimum absolute atomic E-state index is 0.0322. The van der Waals surface area contributed by atoms with Crippen molar-refractivity contribution in [3.8, 4) is 0 Å². The Labute approximate surface area is 137 Å². The fourth-order valence-electron chi connectivity index (χ4n) is 4.45. The van der Waals surface area contributed by atoms with Gasteiger partial charge in [0, 0.05) is 36.9 Å². The summed E-state index contributed by atoms with van der Waals surface area (Å²) in [6.45, 7) is 4.27. The summed E-state index contributed by atoms with van der Waals surface area (Å²) in [7, 11) is 1.88. The Kier molecular flexibility index (Phi) is 4.32. The first-order valence-corrected chi connectivity index (χ1v) is 8.57. The van der Waals surface area contributed by atoms with Gasteiger partial charge in [0.1, 0.15) is 5.69 Å². The number of H-pyrrole nitrogens is 1. The van der Waals surface area contributed by atoms with Gasteiger partial charge in [0.2, 0.25) is 0 Å². The molecule has 5 nitrogen and oxygen atoms in total. The number of nitrogens with one attached hydrogen (secondary N) is 1. The number of rotatable bonds is 5. The van der Waals surface area contributed by atoms with E-state index >= 15 is 0 Å². The number of aromatic nitrogens is 1. The predicted octanol–water partition coefficient (Wildman–Crippen LogP) is 3.03. The van der Waals surface area contributed by atoms with Gasteiger partial charge in [0.25, 0.3) is 5.91 Å². The number of amides is 1. The summed E-state index contributed by atoms with van der Waals surface area (Å²) in [5, 5.41) is 0. The lowest BCUT2D eigenvalue weighted by Crippen LogP contribution is -2.64. The molecule has 3 rings (SSSR count). The molecular weight excluding hydrogens is 292 g/mol. The Morgan fingerprint density at radius 1 is 1.39 bits per heavy atom. The molecule has 1 amide bonds. The highest BCUT2D eigenvalue weighted by Crippen LogP contribution is 2.56. The Bertz CT molecular complexity index is 601. The molecule has 1 aromatic heterocycles. The molecule has 2 atom stereocenters. The van der Waals surface area contributed by atoms with Crippen molar-refractivity contribution in [2.24, 2.45) is 5.41 Å². The number of hydrogen-bond acceptors (Lipinski definition) is 3. The molecule has 126 valence electrons. The summed E-state index contributed by atoms with van der Waals surface area (Å²) < 4.78 is 5.93. The summed E-state index contributed by atoms with van der Waals surface area (Å²) in [6.07, 6.45) is 7.53. The van der Waals surface area contributed by atoms with Crippen LogP contribution in [0.1, 0.15) is 66.8 Å². The second-order valence-corrected chi connectivity index (χ2v) is 6.91. The van der Waals surface area contributed by atoms with E-state index in [0.717, 1.165) is 25.9 Å². The molecular formula is C18H26N2O3. The minimum Gasteiger partial charge on any atom is -0.378 e. The van der Waals surface area contributed by atoms with Gasteiger partial charge in [-0.2, -0.15) is 0 Å². The SMILES string of the molecule is CCOC1CC(N(C)C(=O)c2cc(C(C)=O)c[nH]2)C12CCCC2.